The van der Waals surface area contributed by atoms with Crippen LogP contribution in [0.25, 0.3) is 0 Å². The highest BCUT2D eigenvalue weighted by molar-refractivity contribution is 8.15. The average Bonchev–Trinajstić information content (AvgIpc) is 2.63. The van der Waals surface area contributed by atoms with E-state index in [0.717, 1.165) is 5.56 Å². The van der Waals surface area contributed by atoms with E-state index in [2.05, 4.69) is 10.3 Å². The lowest BCUT2D eigenvalue weighted by Gasteiger charge is -2.29. The van der Waals surface area contributed by atoms with Crippen molar-refractivity contribution in [2.75, 3.05) is 12.4 Å². The molecule has 2 amide bonds. The van der Waals surface area contributed by atoms with Gasteiger partial charge in [0.25, 0.3) is 0 Å². The second-order valence-electron chi connectivity index (χ2n) is 6.06. The van der Waals surface area contributed by atoms with Gasteiger partial charge < -0.3 is 5.32 Å². The van der Waals surface area contributed by atoms with Crippen LogP contribution in [0.5, 0.6) is 0 Å². The number of aliphatic imine (C=N–C) groups is 1. The minimum Gasteiger partial charge on any atom is -0.324 e. The van der Waals surface area contributed by atoms with Crippen LogP contribution >= 0.6 is 35.0 Å². The van der Waals surface area contributed by atoms with Crippen molar-refractivity contribution in [3.63, 3.8) is 0 Å². The van der Waals surface area contributed by atoms with Gasteiger partial charge >= 0.3 is 0 Å². The molecule has 8 heteroatoms. The van der Waals surface area contributed by atoms with Crippen LogP contribution in [-0.4, -0.2) is 34.2 Å². The van der Waals surface area contributed by atoms with E-state index < -0.39 is 5.25 Å². The van der Waals surface area contributed by atoms with Gasteiger partial charge in [-0.05, 0) is 36.8 Å². The molecule has 1 fully saturated rings. The molecule has 1 N–H and O–H groups in total. The number of para-hydroxylation sites is 1. The molecule has 0 bridgehead atoms. The Morgan fingerprint density at radius 3 is 2.67 bits per heavy atom. The van der Waals surface area contributed by atoms with Crippen LogP contribution in [0.2, 0.25) is 10.0 Å². The van der Waals surface area contributed by atoms with Crippen molar-refractivity contribution in [1.82, 2.24) is 4.90 Å². The van der Waals surface area contributed by atoms with Crippen LogP contribution < -0.4 is 5.32 Å². The molecular weight excluding hydrogens is 405 g/mol. The van der Waals surface area contributed by atoms with Crippen LogP contribution in [0.3, 0.4) is 0 Å². The molecule has 1 atom stereocenters. The summed E-state index contributed by atoms with van der Waals surface area (Å²) in [5, 5.41) is 3.67. The van der Waals surface area contributed by atoms with Crippen LogP contribution in [-0.2, 0) is 9.59 Å². The lowest BCUT2D eigenvalue weighted by Crippen LogP contribution is -2.43. The SMILES string of the molecule is Cc1ccc(N=C2SC(C(=O)Nc3ccccc3Cl)CC(=O)N2C)cc1Cl. The third kappa shape index (κ3) is 4.64. The van der Waals surface area contributed by atoms with Gasteiger partial charge in [0.15, 0.2) is 5.17 Å². The quantitative estimate of drug-likeness (QED) is 0.766. The Morgan fingerprint density at radius 1 is 1.22 bits per heavy atom. The van der Waals surface area contributed by atoms with E-state index in [1.54, 1.807) is 37.4 Å². The summed E-state index contributed by atoms with van der Waals surface area (Å²) < 4.78 is 0. The summed E-state index contributed by atoms with van der Waals surface area (Å²) in [6, 6.07) is 12.4. The van der Waals surface area contributed by atoms with E-state index in [4.69, 9.17) is 23.2 Å². The number of anilines is 1. The zero-order chi connectivity index (χ0) is 19.6. The third-order valence-corrected chi connectivity index (χ3v) is 6.05. The normalized spacial score (nSPS) is 18.7. The number of hydrogen-bond donors (Lipinski definition) is 1. The van der Waals surface area contributed by atoms with E-state index in [-0.39, 0.29) is 18.2 Å². The maximum atomic E-state index is 12.6. The fraction of sp³-hybridized carbons (Fsp3) is 0.211. The van der Waals surface area contributed by atoms with Gasteiger partial charge in [-0.1, -0.05) is 53.2 Å². The molecule has 0 aromatic heterocycles. The molecule has 0 radical (unpaired) electrons. The van der Waals surface area contributed by atoms with Crippen molar-refractivity contribution in [3.05, 3.63) is 58.1 Å². The summed E-state index contributed by atoms with van der Waals surface area (Å²) in [6.45, 7) is 1.90. The first-order chi connectivity index (χ1) is 12.8. The number of nitrogens with zero attached hydrogens (tertiary/aromatic N) is 2. The summed E-state index contributed by atoms with van der Waals surface area (Å²) in [7, 11) is 1.64. The summed E-state index contributed by atoms with van der Waals surface area (Å²) in [5.74, 6) is -0.464. The van der Waals surface area contributed by atoms with Gasteiger partial charge in [-0.2, -0.15) is 0 Å². The Morgan fingerprint density at radius 2 is 1.96 bits per heavy atom. The zero-order valence-corrected chi connectivity index (χ0v) is 17.0. The molecule has 1 aliphatic heterocycles. The molecule has 1 saturated heterocycles. The molecule has 140 valence electrons. The van der Waals surface area contributed by atoms with E-state index in [0.29, 0.717) is 26.6 Å². The van der Waals surface area contributed by atoms with Crippen LogP contribution in [0.4, 0.5) is 11.4 Å². The number of thioether (sulfide) groups is 1. The van der Waals surface area contributed by atoms with Gasteiger partial charge in [-0.3, -0.25) is 14.5 Å². The minimum absolute atomic E-state index is 0.0884. The van der Waals surface area contributed by atoms with Crippen molar-refractivity contribution in [1.29, 1.82) is 0 Å². The van der Waals surface area contributed by atoms with Crippen molar-refractivity contribution in [2.45, 2.75) is 18.6 Å². The lowest BCUT2D eigenvalue weighted by atomic mass is 10.2. The zero-order valence-electron chi connectivity index (χ0n) is 14.7. The fourth-order valence-electron chi connectivity index (χ4n) is 2.44. The van der Waals surface area contributed by atoms with Gasteiger partial charge in [-0.25, -0.2) is 4.99 Å². The highest BCUT2D eigenvalue weighted by atomic mass is 35.5. The minimum atomic E-state index is -0.593. The van der Waals surface area contributed by atoms with Crippen molar-refractivity contribution < 1.29 is 9.59 Å². The molecule has 5 nitrogen and oxygen atoms in total. The molecule has 0 spiro atoms. The number of hydrogen-bond acceptors (Lipinski definition) is 4. The Labute approximate surface area is 171 Å². The fourth-order valence-corrected chi connectivity index (χ4v) is 3.86. The van der Waals surface area contributed by atoms with Gasteiger partial charge in [0.1, 0.15) is 5.25 Å². The standard InChI is InChI=1S/C19H17Cl2N3O2S/c1-11-7-8-12(9-14(11)21)22-19-24(2)17(25)10-16(27-19)18(26)23-15-6-4-3-5-13(15)20/h3-9,16H,10H2,1-2H3,(H,23,26). The van der Waals surface area contributed by atoms with Gasteiger partial charge in [-0.15, -0.1) is 0 Å². The Balaban J connectivity index is 1.81. The maximum absolute atomic E-state index is 12.6. The molecule has 1 heterocycles. The Bertz CT molecular complexity index is 933. The molecule has 2 aromatic carbocycles. The van der Waals surface area contributed by atoms with E-state index >= 15 is 0 Å². The Kier molecular flexibility index (Phi) is 6.09. The number of aryl methyl sites for hydroxylation is 1. The molecule has 1 aliphatic rings. The molecule has 0 aliphatic carbocycles. The lowest BCUT2D eigenvalue weighted by molar-refractivity contribution is -0.128. The van der Waals surface area contributed by atoms with E-state index in [1.165, 1.54) is 16.7 Å². The molecule has 2 aromatic rings. The summed E-state index contributed by atoms with van der Waals surface area (Å²) in [6.07, 6.45) is 0.0884. The highest BCUT2D eigenvalue weighted by Crippen LogP contribution is 2.31. The van der Waals surface area contributed by atoms with Crippen LogP contribution in [0.15, 0.2) is 47.5 Å². The largest absolute Gasteiger partial charge is 0.324 e. The van der Waals surface area contributed by atoms with Crippen LogP contribution in [0, 0.1) is 6.92 Å². The van der Waals surface area contributed by atoms with Crippen molar-refractivity contribution >= 4 is 63.3 Å². The van der Waals surface area contributed by atoms with Crippen molar-refractivity contribution in [2.24, 2.45) is 4.99 Å². The first kappa shape index (κ1) is 19.7. The topological polar surface area (TPSA) is 61.8 Å². The number of nitrogens with one attached hydrogen (secondary N) is 1. The second kappa shape index (κ2) is 8.33. The monoisotopic (exact) mass is 421 g/mol. The molecule has 0 saturated carbocycles. The number of halogens is 2. The van der Waals surface area contributed by atoms with Crippen molar-refractivity contribution in [3.8, 4) is 0 Å². The first-order valence-corrected chi connectivity index (χ1v) is 9.82. The number of benzene rings is 2. The Hall–Kier alpha value is -2.02. The number of amidine groups is 1. The summed E-state index contributed by atoms with van der Waals surface area (Å²) in [4.78, 5) is 30.9. The number of amides is 2. The van der Waals surface area contributed by atoms with Gasteiger partial charge in [0.05, 0.1) is 16.4 Å². The average molecular weight is 422 g/mol. The van der Waals surface area contributed by atoms with Gasteiger partial charge in [0, 0.05) is 18.5 Å². The second-order valence-corrected chi connectivity index (χ2v) is 8.04. The maximum Gasteiger partial charge on any atom is 0.238 e. The third-order valence-electron chi connectivity index (χ3n) is 4.07. The summed E-state index contributed by atoms with van der Waals surface area (Å²) in [5.41, 5.74) is 2.08. The number of carbonyl (C=O) groups is 2. The van der Waals surface area contributed by atoms with Gasteiger partial charge in [0.2, 0.25) is 11.8 Å². The predicted molar refractivity (Wildman–Crippen MR) is 112 cm³/mol. The number of rotatable bonds is 3. The summed E-state index contributed by atoms with van der Waals surface area (Å²) >= 11 is 13.5. The highest BCUT2D eigenvalue weighted by Gasteiger charge is 2.34. The predicted octanol–water partition coefficient (Wildman–Crippen LogP) is 4.89. The molecule has 3 rings (SSSR count). The van der Waals surface area contributed by atoms with Crippen LogP contribution in [0.1, 0.15) is 12.0 Å². The molecular formula is C19H17Cl2N3O2S. The number of carbonyl (C=O) groups excluding carboxylic acids is 2. The first-order valence-electron chi connectivity index (χ1n) is 8.18. The van der Waals surface area contributed by atoms with E-state index in [9.17, 15) is 9.59 Å². The molecule has 1 unspecified atom stereocenters. The molecule has 27 heavy (non-hydrogen) atoms. The van der Waals surface area contributed by atoms with E-state index in [1.807, 2.05) is 19.1 Å². The smallest absolute Gasteiger partial charge is 0.238 e.